The number of nitrogens with zero attached hydrogens (tertiary/aromatic N) is 4. The van der Waals surface area contributed by atoms with E-state index in [-0.39, 0.29) is 79.6 Å². The molecule has 1 aliphatic carbocycles. The van der Waals surface area contributed by atoms with E-state index >= 15 is 0 Å². The minimum atomic E-state index is -0.750. The van der Waals surface area contributed by atoms with Crippen molar-refractivity contribution in [2.45, 2.75) is 84.8 Å². The summed E-state index contributed by atoms with van der Waals surface area (Å²) in [5.41, 5.74) is 18.5. The second-order valence-electron chi connectivity index (χ2n) is 18.0. The van der Waals surface area contributed by atoms with Gasteiger partial charge < -0.3 is 41.4 Å². The van der Waals surface area contributed by atoms with Crippen LogP contribution in [-0.2, 0) is 22.4 Å². The smallest absolute Gasteiger partial charge is 0.410 e. The van der Waals surface area contributed by atoms with E-state index in [0.29, 0.717) is 18.5 Å². The first-order chi connectivity index (χ1) is 32.1. The van der Waals surface area contributed by atoms with E-state index in [1.165, 1.54) is 0 Å². The van der Waals surface area contributed by atoms with Crippen LogP contribution in [0.1, 0.15) is 108 Å². The molecule has 6 rings (SSSR count). The van der Waals surface area contributed by atoms with Gasteiger partial charge >= 0.3 is 12.2 Å². The van der Waals surface area contributed by atoms with E-state index in [2.05, 4.69) is 51.8 Å². The molecule has 1 aromatic heterocycles. The molecule has 0 radical (unpaired) electrons. The largest absolute Gasteiger partial charge is 0.448 e. The van der Waals surface area contributed by atoms with Crippen LogP contribution in [0.25, 0.3) is 11.1 Å². The highest BCUT2D eigenvalue weighted by Gasteiger charge is 2.30. The van der Waals surface area contributed by atoms with E-state index in [1.807, 2.05) is 94.4 Å². The molecule has 0 unspecified atom stereocenters. The van der Waals surface area contributed by atoms with E-state index in [9.17, 15) is 19.2 Å². The van der Waals surface area contributed by atoms with Crippen LogP contribution in [0.4, 0.5) is 21.2 Å². The summed E-state index contributed by atoms with van der Waals surface area (Å²) < 4.78 is 11.9. The third-order valence-corrected chi connectivity index (χ3v) is 12.0. The number of halogens is 1. The normalized spacial score (nSPS) is 12.4. The average Bonchev–Trinajstić information content (AvgIpc) is 3.62. The Morgan fingerprint density at radius 1 is 0.776 bits per heavy atom. The fraction of sp³-hybridized carbons (Fsp3) is 0.385. The van der Waals surface area contributed by atoms with Crippen LogP contribution < -0.4 is 22.1 Å². The first-order valence-corrected chi connectivity index (χ1v) is 23.4. The van der Waals surface area contributed by atoms with Crippen LogP contribution in [-0.4, -0.2) is 88.7 Å². The van der Waals surface area contributed by atoms with Gasteiger partial charge in [0.25, 0.3) is 11.8 Å². The Labute approximate surface area is 398 Å². The third kappa shape index (κ3) is 13.7. The highest BCUT2D eigenvalue weighted by Crippen LogP contribution is 2.44. The van der Waals surface area contributed by atoms with Gasteiger partial charge in [-0.1, -0.05) is 123 Å². The zero-order valence-electron chi connectivity index (χ0n) is 39.1. The molecule has 354 valence electrons. The summed E-state index contributed by atoms with van der Waals surface area (Å²) in [7, 11) is 0. The summed E-state index contributed by atoms with van der Waals surface area (Å²) >= 11 is 6.08. The Hall–Kier alpha value is -6.67. The first-order valence-electron chi connectivity index (χ1n) is 23.0. The lowest BCUT2D eigenvalue weighted by molar-refractivity contribution is 0.0202. The molecule has 0 saturated carbocycles. The summed E-state index contributed by atoms with van der Waals surface area (Å²) in [6, 6.07) is 31.5. The lowest BCUT2D eigenvalue weighted by atomic mass is 9.93. The van der Waals surface area contributed by atoms with Crippen molar-refractivity contribution in [2.24, 2.45) is 5.92 Å². The van der Waals surface area contributed by atoms with Crippen molar-refractivity contribution in [3.8, 4) is 11.1 Å². The Morgan fingerprint density at radius 2 is 1.45 bits per heavy atom. The number of ether oxygens (including phenoxy) is 2. The second-order valence-corrected chi connectivity index (χ2v) is 18.4. The predicted octanol–water partition coefficient (Wildman–Crippen LogP) is 9.19. The van der Waals surface area contributed by atoms with Crippen molar-refractivity contribution in [2.75, 3.05) is 50.8 Å². The van der Waals surface area contributed by atoms with Gasteiger partial charge in [0.1, 0.15) is 12.2 Å². The van der Waals surface area contributed by atoms with Gasteiger partial charge in [0.05, 0.1) is 0 Å². The SMILES string of the molecule is CCCCCCN(CCNC(=O)c1ccc(C[C@@H](CNC(=O)c2nc(Cl)c(N)nc2N)CN(Cc2ccccc2)C(=O)OC(C)(C)C)c(C)c1)C(=O)OCC1c2ccccc2-c2ccccc21. The summed E-state index contributed by atoms with van der Waals surface area (Å²) in [6.45, 7) is 11.3. The van der Waals surface area contributed by atoms with Gasteiger partial charge in [0.15, 0.2) is 22.5 Å². The number of unbranched alkanes of at least 4 members (excludes halogenated alkanes) is 3. The molecular formula is C52H63ClN8O6. The lowest BCUT2D eigenvalue weighted by Gasteiger charge is -2.31. The monoisotopic (exact) mass is 930 g/mol. The highest BCUT2D eigenvalue weighted by molar-refractivity contribution is 6.31. The molecule has 1 atom stereocenters. The maximum absolute atomic E-state index is 13.7. The fourth-order valence-corrected chi connectivity index (χ4v) is 8.40. The number of hydrogen-bond acceptors (Lipinski definition) is 10. The number of nitrogen functional groups attached to an aromatic ring is 2. The molecular weight excluding hydrogens is 868 g/mol. The number of amides is 4. The first kappa shape index (κ1) is 49.8. The Balaban J connectivity index is 1.13. The molecule has 0 spiro atoms. The number of nitrogens with one attached hydrogen (secondary N) is 2. The number of rotatable bonds is 20. The van der Waals surface area contributed by atoms with Crippen molar-refractivity contribution in [3.05, 3.63) is 141 Å². The molecule has 0 fully saturated rings. The summed E-state index contributed by atoms with van der Waals surface area (Å²) in [5, 5.41) is 5.76. The number of anilines is 2. The number of fused-ring (bicyclic) bond motifs is 3. The second kappa shape index (κ2) is 23.2. The molecule has 4 aromatic carbocycles. The quantitative estimate of drug-likeness (QED) is 0.0547. The van der Waals surface area contributed by atoms with Gasteiger partial charge in [0.2, 0.25) is 0 Å². The predicted molar refractivity (Wildman–Crippen MR) is 263 cm³/mol. The summed E-state index contributed by atoms with van der Waals surface area (Å²) in [6.07, 6.45) is 3.47. The Morgan fingerprint density at radius 3 is 2.10 bits per heavy atom. The number of aromatic nitrogens is 2. The molecule has 1 aliphatic rings. The molecule has 0 aliphatic heterocycles. The van der Waals surface area contributed by atoms with Crippen LogP contribution in [0.15, 0.2) is 97.1 Å². The van der Waals surface area contributed by atoms with Gasteiger partial charge in [-0.15, -0.1) is 0 Å². The Kier molecular flexibility index (Phi) is 17.2. The number of nitrogens with two attached hydrogens (primary N) is 2. The van der Waals surface area contributed by atoms with Crippen molar-refractivity contribution < 1.29 is 28.7 Å². The molecule has 14 nitrogen and oxygen atoms in total. The van der Waals surface area contributed by atoms with Crippen molar-refractivity contribution >= 4 is 47.2 Å². The lowest BCUT2D eigenvalue weighted by Crippen LogP contribution is -2.42. The van der Waals surface area contributed by atoms with E-state index < -0.39 is 23.7 Å². The minimum Gasteiger partial charge on any atom is -0.448 e. The topological polar surface area (TPSA) is 195 Å². The fourth-order valence-electron chi connectivity index (χ4n) is 8.27. The van der Waals surface area contributed by atoms with E-state index in [4.69, 9.17) is 32.5 Å². The molecule has 4 amide bonds. The van der Waals surface area contributed by atoms with Crippen LogP contribution in [0.3, 0.4) is 0 Å². The van der Waals surface area contributed by atoms with E-state index in [0.717, 1.165) is 64.6 Å². The maximum atomic E-state index is 13.7. The van der Waals surface area contributed by atoms with E-state index in [1.54, 1.807) is 15.9 Å². The summed E-state index contributed by atoms with van der Waals surface area (Å²) in [5.74, 6) is -1.55. The number of aryl methyl sites for hydroxylation is 1. The zero-order valence-corrected chi connectivity index (χ0v) is 39.9. The van der Waals surface area contributed by atoms with Gasteiger partial charge in [0, 0.05) is 50.7 Å². The molecule has 0 bridgehead atoms. The highest BCUT2D eigenvalue weighted by atomic mass is 35.5. The maximum Gasteiger partial charge on any atom is 0.410 e. The van der Waals surface area contributed by atoms with Crippen LogP contribution in [0.5, 0.6) is 0 Å². The molecule has 6 N–H and O–H groups in total. The zero-order chi connectivity index (χ0) is 48.1. The molecule has 0 saturated heterocycles. The Bertz CT molecular complexity index is 2470. The molecule has 5 aromatic rings. The van der Waals surface area contributed by atoms with Gasteiger partial charge in [-0.25, -0.2) is 19.6 Å². The molecule has 1 heterocycles. The average molecular weight is 932 g/mol. The number of benzene rings is 4. The molecule has 15 heteroatoms. The van der Waals surface area contributed by atoms with Gasteiger partial charge in [-0.05, 0) is 97.5 Å². The summed E-state index contributed by atoms with van der Waals surface area (Å²) in [4.78, 5) is 65.7. The third-order valence-electron chi connectivity index (χ3n) is 11.7. The van der Waals surface area contributed by atoms with Gasteiger partial charge in [-0.2, -0.15) is 0 Å². The van der Waals surface area contributed by atoms with Crippen molar-refractivity contribution in [3.63, 3.8) is 0 Å². The van der Waals surface area contributed by atoms with Crippen molar-refractivity contribution in [1.29, 1.82) is 0 Å². The van der Waals surface area contributed by atoms with Crippen molar-refractivity contribution in [1.82, 2.24) is 30.4 Å². The minimum absolute atomic E-state index is 0.0557. The van der Waals surface area contributed by atoms with Crippen LogP contribution in [0, 0.1) is 12.8 Å². The standard InChI is InChI=1S/C52H63ClN8O6/c1-6-7-8-16-26-60(50(64)66-33-43-41-21-14-12-19-39(41)40-20-13-15-22-42(40)43)27-25-56-48(62)38-24-23-37(34(2)28-38)29-36(30-57-49(63)44-46(54)59-47(55)45(53)58-44)32-61(51(65)67-52(3,4)5)31-35-17-10-9-11-18-35/h9-15,17-24,28,36,43H,6-8,16,25-27,29-33H2,1-5H3,(H,56,62)(H,57,63)(H4,54,55,59)/t36-/m0/s1. The van der Waals surface area contributed by atoms with Gasteiger partial charge in [-0.3, -0.25) is 9.59 Å². The molecule has 67 heavy (non-hydrogen) atoms. The van der Waals surface area contributed by atoms with Crippen LogP contribution >= 0.6 is 11.6 Å². The number of carbonyl (C=O) groups excluding carboxylic acids is 4. The number of hydrogen-bond donors (Lipinski definition) is 4. The van der Waals surface area contributed by atoms with Crippen LogP contribution in [0.2, 0.25) is 5.15 Å². The number of carbonyl (C=O) groups is 4.